The minimum absolute atomic E-state index is 0.145. The van der Waals surface area contributed by atoms with Gasteiger partial charge in [-0.15, -0.1) is 0 Å². The zero-order valence-electron chi connectivity index (χ0n) is 16.4. The van der Waals surface area contributed by atoms with Crippen LogP contribution in [-0.2, 0) is 35.5 Å². The molecule has 7 heteroatoms. The van der Waals surface area contributed by atoms with Crippen LogP contribution in [0.5, 0.6) is 0 Å². The number of ether oxygens (including phenoxy) is 2. The van der Waals surface area contributed by atoms with Crippen LogP contribution in [0, 0.1) is 6.92 Å². The summed E-state index contributed by atoms with van der Waals surface area (Å²) in [5, 5.41) is 8.78. The number of aromatic nitrogens is 3. The number of H-pyrrole nitrogens is 1. The van der Waals surface area contributed by atoms with E-state index in [1.807, 2.05) is 10.9 Å². The van der Waals surface area contributed by atoms with Crippen molar-refractivity contribution in [3.05, 3.63) is 52.5 Å². The Balaban J connectivity index is 1.45. The third-order valence-electron chi connectivity index (χ3n) is 5.22. The smallest absolute Gasteiger partial charge is 0.272 e. The summed E-state index contributed by atoms with van der Waals surface area (Å²) in [6, 6.07) is 6.36. The second-order valence-electron chi connectivity index (χ2n) is 7.16. The van der Waals surface area contributed by atoms with Gasteiger partial charge in [-0.05, 0) is 31.0 Å². The standard InChI is InChI=1S/C21H26N4O3/c1-14-3-4-18-16(11-14)15(12-23-18)5-7-22-21(26)20-17-13-28-9-6-19(17)25(24-20)8-10-27-2/h3-4,11-12,23H,5-10,13H2,1-2H3,(H,22,26). The molecule has 0 aliphatic carbocycles. The molecule has 0 saturated carbocycles. The maximum Gasteiger partial charge on any atom is 0.272 e. The van der Waals surface area contributed by atoms with Gasteiger partial charge >= 0.3 is 0 Å². The van der Waals surface area contributed by atoms with Crippen LogP contribution in [0.1, 0.15) is 32.9 Å². The summed E-state index contributed by atoms with van der Waals surface area (Å²) in [5.74, 6) is -0.145. The largest absolute Gasteiger partial charge is 0.383 e. The van der Waals surface area contributed by atoms with Crippen LogP contribution in [0.2, 0.25) is 0 Å². The average Bonchev–Trinajstić information content (AvgIpc) is 3.28. The van der Waals surface area contributed by atoms with Crippen LogP contribution in [0.15, 0.2) is 24.4 Å². The van der Waals surface area contributed by atoms with Crippen LogP contribution < -0.4 is 5.32 Å². The molecule has 148 valence electrons. The second-order valence-corrected chi connectivity index (χ2v) is 7.16. The molecule has 0 fully saturated rings. The lowest BCUT2D eigenvalue weighted by molar-refractivity contribution is 0.0925. The zero-order chi connectivity index (χ0) is 19.5. The number of rotatable bonds is 7. The van der Waals surface area contributed by atoms with E-state index in [2.05, 4.69) is 40.5 Å². The maximum absolute atomic E-state index is 12.8. The van der Waals surface area contributed by atoms with Gasteiger partial charge in [-0.3, -0.25) is 9.48 Å². The van der Waals surface area contributed by atoms with E-state index in [1.165, 1.54) is 16.5 Å². The van der Waals surface area contributed by atoms with E-state index in [4.69, 9.17) is 9.47 Å². The molecular weight excluding hydrogens is 356 g/mol. The average molecular weight is 382 g/mol. The molecule has 1 aromatic carbocycles. The highest BCUT2D eigenvalue weighted by Crippen LogP contribution is 2.22. The maximum atomic E-state index is 12.8. The summed E-state index contributed by atoms with van der Waals surface area (Å²) in [6.07, 6.45) is 3.55. The highest BCUT2D eigenvalue weighted by Gasteiger charge is 2.25. The van der Waals surface area contributed by atoms with Crippen molar-refractivity contribution in [1.82, 2.24) is 20.1 Å². The fourth-order valence-corrected chi connectivity index (χ4v) is 3.75. The molecule has 4 rings (SSSR count). The highest BCUT2D eigenvalue weighted by atomic mass is 16.5. The van der Waals surface area contributed by atoms with Gasteiger partial charge in [-0.25, -0.2) is 0 Å². The summed E-state index contributed by atoms with van der Waals surface area (Å²) in [7, 11) is 1.67. The number of amides is 1. The number of carbonyl (C=O) groups excluding carboxylic acids is 1. The molecule has 3 heterocycles. The first-order chi connectivity index (χ1) is 13.7. The zero-order valence-corrected chi connectivity index (χ0v) is 16.4. The molecule has 2 N–H and O–H groups in total. The Morgan fingerprint density at radius 3 is 3.18 bits per heavy atom. The number of nitrogens with one attached hydrogen (secondary N) is 2. The van der Waals surface area contributed by atoms with E-state index in [0.717, 1.165) is 29.6 Å². The molecule has 7 nitrogen and oxygen atoms in total. The molecule has 0 saturated heterocycles. The number of hydrogen-bond acceptors (Lipinski definition) is 4. The summed E-state index contributed by atoms with van der Waals surface area (Å²) in [6.45, 7) is 4.94. The molecular formula is C21H26N4O3. The lowest BCUT2D eigenvalue weighted by Crippen LogP contribution is -2.27. The van der Waals surface area contributed by atoms with Crippen LogP contribution in [0.3, 0.4) is 0 Å². The highest BCUT2D eigenvalue weighted by molar-refractivity contribution is 5.94. The first kappa shape index (κ1) is 18.7. The summed E-state index contributed by atoms with van der Waals surface area (Å²) in [4.78, 5) is 16.1. The number of carbonyl (C=O) groups is 1. The van der Waals surface area contributed by atoms with Gasteiger partial charge in [0.1, 0.15) is 0 Å². The van der Waals surface area contributed by atoms with Gasteiger partial charge in [-0.1, -0.05) is 11.6 Å². The van der Waals surface area contributed by atoms with Gasteiger partial charge in [-0.2, -0.15) is 5.10 Å². The molecule has 0 spiro atoms. The Kier molecular flexibility index (Phi) is 5.45. The van der Waals surface area contributed by atoms with Crippen molar-refractivity contribution in [2.24, 2.45) is 0 Å². The van der Waals surface area contributed by atoms with E-state index in [1.54, 1.807) is 7.11 Å². The minimum atomic E-state index is -0.145. The molecule has 1 amide bonds. The lowest BCUT2D eigenvalue weighted by Gasteiger charge is -2.14. The van der Waals surface area contributed by atoms with E-state index < -0.39 is 0 Å². The van der Waals surface area contributed by atoms with Crippen molar-refractivity contribution in [2.45, 2.75) is 32.9 Å². The Bertz CT molecular complexity index is 989. The predicted molar refractivity (Wildman–Crippen MR) is 107 cm³/mol. The third kappa shape index (κ3) is 3.68. The first-order valence-corrected chi connectivity index (χ1v) is 9.67. The fraction of sp³-hybridized carbons (Fsp3) is 0.429. The van der Waals surface area contributed by atoms with Crippen LogP contribution in [0.4, 0.5) is 0 Å². The molecule has 1 aliphatic rings. The summed E-state index contributed by atoms with van der Waals surface area (Å²) >= 11 is 0. The van der Waals surface area contributed by atoms with Crippen molar-refractivity contribution < 1.29 is 14.3 Å². The van der Waals surface area contributed by atoms with Gasteiger partial charge in [0.15, 0.2) is 5.69 Å². The van der Waals surface area contributed by atoms with Gasteiger partial charge in [0.25, 0.3) is 5.91 Å². The molecule has 0 unspecified atom stereocenters. The number of nitrogens with zero attached hydrogens (tertiary/aromatic N) is 2. The van der Waals surface area contributed by atoms with Crippen molar-refractivity contribution in [3.63, 3.8) is 0 Å². The quantitative estimate of drug-likeness (QED) is 0.657. The number of aromatic amines is 1. The van der Waals surface area contributed by atoms with Gasteiger partial charge < -0.3 is 19.8 Å². The fourth-order valence-electron chi connectivity index (χ4n) is 3.75. The molecule has 0 radical (unpaired) electrons. The second kappa shape index (κ2) is 8.16. The predicted octanol–water partition coefficient (Wildman–Crippen LogP) is 2.36. The molecule has 2 aromatic heterocycles. The topological polar surface area (TPSA) is 81.2 Å². The number of hydrogen-bond donors (Lipinski definition) is 2. The van der Waals surface area contributed by atoms with Crippen molar-refractivity contribution in [3.8, 4) is 0 Å². The van der Waals surface area contributed by atoms with Gasteiger partial charge in [0.2, 0.25) is 0 Å². The van der Waals surface area contributed by atoms with Crippen molar-refractivity contribution in [1.29, 1.82) is 0 Å². The number of aryl methyl sites for hydroxylation is 1. The molecule has 0 bridgehead atoms. The van der Waals surface area contributed by atoms with E-state index in [0.29, 0.717) is 38.6 Å². The van der Waals surface area contributed by atoms with Crippen LogP contribution >= 0.6 is 0 Å². The molecule has 28 heavy (non-hydrogen) atoms. The normalized spacial score (nSPS) is 13.6. The number of methoxy groups -OCH3 is 1. The lowest BCUT2D eigenvalue weighted by atomic mass is 10.1. The monoisotopic (exact) mass is 382 g/mol. The van der Waals surface area contributed by atoms with Crippen LogP contribution in [-0.4, -0.2) is 47.5 Å². The molecule has 1 aliphatic heterocycles. The van der Waals surface area contributed by atoms with Gasteiger partial charge in [0.05, 0.1) is 26.4 Å². The Hall–Kier alpha value is -2.64. The summed E-state index contributed by atoms with van der Waals surface area (Å²) in [5.41, 5.74) is 6.01. The molecule has 0 atom stereocenters. The van der Waals surface area contributed by atoms with E-state index >= 15 is 0 Å². The SMILES string of the molecule is COCCn1nc(C(=O)NCCc2c[nH]c3ccc(C)cc23)c2c1CCOC2. The Morgan fingerprint density at radius 2 is 2.32 bits per heavy atom. The summed E-state index contributed by atoms with van der Waals surface area (Å²) < 4.78 is 12.6. The number of benzene rings is 1. The van der Waals surface area contributed by atoms with Crippen molar-refractivity contribution in [2.75, 3.05) is 26.9 Å². The van der Waals surface area contributed by atoms with Gasteiger partial charge in [0, 0.05) is 48.4 Å². The van der Waals surface area contributed by atoms with Crippen LogP contribution in [0.25, 0.3) is 10.9 Å². The minimum Gasteiger partial charge on any atom is -0.383 e. The Labute approximate surface area is 164 Å². The third-order valence-corrected chi connectivity index (χ3v) is 5.22. The first-order valence-electron chi connectivity index (χ1n) is 9.67. The van der Waals surface area contributed by atoms with E-state index in [9.17, 15) is 4.79 Å². The number of fused-ring (bicyclic) bond motifs is 2. The molecule has 3 aromatic rings. The van der Waals surface area contributed by atoms with E-state index in [-0.39, 0.29) is 5.91 Å². The van der Waals surface area contributed by atoms with Crippen molar-refractivity contribution >= 4 is 16.8 Å². The Morgan fingerprint density at radius 1 is 1.43 bits per heavy atom.